The highest BCUT2D eigenvalue weighted by molar-refractivity contribution is 7.98. The minimum atomic E-state index is -0.917. The molecule has 1 aliphatic heterocycles. The summed E-state index contributed by atoms with van der Waals surface area (Å²) in [6.07, 6.45) is 1.17. The Kier molecular flexibility index (Phi) is 7.27. The SMILES string of the molecule is CCOC(=O)COc1ccccc1[C@H]1Oc2nc(SC)nnc2-c2ccccc2N1C(=O)CC. The normalized spacial score (nSPS) is 14.3. The predicted molar refractivity (Wildman–Crippen MR) is 127 cm³/mol. The van der Waals surface area contributed by atoms with E-state index in [0.717, 1.165) is 0 Å². The van der Waals surface area contributed by atoms with Crippen LogP contribution in [-0.2, 0) is 14.3 Å². The third-order valence-electron chi connectivity index (χ3n) is 5.10. The maximum Gasteiger partial charge on any atom is 0.344 e. The van der Waals surface area contributed by atoms with Crippen molar-refractivity contribution in [1.82, 2.24) is 15.2 Å². The number of hydrogen-bond acceptors (Lipinski definition) is 9. The Bertz CT molecular complexity index is 1210. The molecule has 3 aromatic rings. The van der Waals surface area contributed by atoms with Crippen molar-refractivity contribution in [3.8, 4) is 22.9 Å². The molecule has 0 bridgehead atoms. The lowest BCUT2D eigenvalue weighted by molar-refractivity contribution is -0.145. The van der Waals surface area contributed by atoms with Gasteiger partial charge in [-0.05, 0) is 31.4 Å². The molecule has 1 aromatic heterocycles. The number of esters is 1. The topological polar surface area (TPSA) is 104 Å². The number of carbonyl (C=O) groups excluding carboxylic acids is 2. The van der Waals surface area contributed by atoms with Crippen molar-refractivity contribution in [3.63, 3.8) is 0 Å². The second kappa shape index (κ2) is 10.5. The standard InChI is InChI=1S/C24H24N4O5S/c1-4-19(29)28-17-12-8-6-10-15(17)21-22(25-24(34-3)27-26-21)33-23(28)16-11-7-9-13-18(16)32-14-20(30)31-5-2/h6-13,23H,4-5,14H2,1-3H3/t23-/m1/s1. The third kappa shape index (κ3) is 4.67. The van der Waals surface area contributed by atoms with Crippen LogP contribution in [0.4, 0.5) is 5.69 Å². The first kappa shape index (κ1) is 23.5. The van der Waals surface area contributed by atoms with Crippen molar-refractivity contribution in [2.75, 3.05) is 24.4 Å². The molecule has 1 amide bonds. The van der Waals surface area contributed by atoms with Crippen molar-refractivity contribution < 1.29 is 23.8 Å². The Morgan fingerprint density at radius 2 is 1.85 bits per heavy atom. The molecule has 0 fully saturated rings. The zero-order valence-electron chi connectivity index (χ0n) is 19.1. The van der Waals surface area contributed by atoms with Gasteiger partial charge < -0.3 is 14.2 Å². The molecular formula is C24H24N4O5S. The molecule has 4 rings (SSSR count). The minimum Gasteiger partial charge on any atom is -0.481 e. The van der Waals surface area contributed by atoms with Gasteiger partial charge in [-0.1, -0.05) is 49.0 Å². The van der Waals surface area contributed by atoms with Gasteiger partial charge in [0.1, 0.15) is 5.75 Å². The number of amides is 1. The summed E-state index contributed by atoms with van der Waals surface area (Å²) in [6.45, 7) is 3.50. The maximum absolute atomic E-state index is 13.3. The first-order valence-corrected chi connectivity index (χ1v) is 12.0. The number of rotatable bonds is 7. The van der Waals surface area contributed by atoms with Crippen LogP contribution in [-0.4, -0.2) is 46.5 Å². The molecule has 1 atom stereocenters. The molecular weight excluding hydrogens is 456 g/mol. The summed E-state index contributed by atoms with van der Waals surface area (Å²) < 4.78 is 17.1. The van der Waals surface area contributed by atoms with Crippen LogP contribution in [0.2, 0.25) is 0 Å². The van der Waals surface area contributed by atoms with E-state index in [9.17, 15) is 9.59 Å². The number of anilines is 1. The molecule has 34 heavy (non-hydrogen) atoms. The number of nitrogens with zero attached hydrogens (tertiary/aromatic N) is 4. The van der Waals surface area contributed by atoms with E-state index in [-0.39, 0.29) is 31.4 Å². The van der Waals surface area contributed by atoms with Crippen LogP contribution in [0, 0.1) is 0 Å². The van der Waals surface area contributed by atoms with Gasteiger partial charge in [-0.2, -0.15) is 4.98 Å². The fraction of sp³-hybridized carbons (Fsp3) is 0.292. The lowest BCUT2D eigenvalue weighted by Gasteiger charge is -2.31. The molecule has 0 saturated carbocycles. The van der Waals surface area contributed by atoms with E-state index in [1.807, 2.05) is 36.6 Å². The summed E-state index contributed by atoms with van der Waals surface area (Å²) in [5.74, 6) is -0.00721. The summed E-state index contributed by atoms with van der Waals surface area (Å²) in [5.41, 5.74) is 2.29. The van der Waals surface area contributed by atoms with Crippen molar-refractivity contribution in [3.05, 3.63) is 54.1 Å². The molecule has 0 unspecified atom stereocenters. The second-order valence-corrected chi connectivity index (χ2v) is 7.96. The molecule has 0 saturated heterocycles. The zero-order chi connectivity index (χ0) is 24.1. The van der Waals surface area contributed by atoms with Crippen LogP contribution in [0.5, 0.6) is 11.6 Å². The summed E-state index contributed by atoms with van der Waals surface area (Å²) in [5, 5.41) is 8.96. The van der Waals surface area contributed by atoms with Gasteiger partial charge in [0.05, 0.1) is 17.9 Å². The number of benzene rings is 2. The minimum absolute atomic E-state index is 0.163. The van der Waals surface area contributed by atoms with Crippen LogP contribution in [0.1, 0.15) is 32.1 Å². The van der Waals surface area contributed by atoms with Gasteiger partial charge in [0, 0.05) is 12.0 Å². The van der Waals surface area contributed by atoms with E-state index in [1.54, 1.807) is 36.9 Å². The van der Waals surface area contributed by atoms with E-state index in [4.69, 9.17) is 14.2 Å². The fourth-order valence-electron chi connectivity index (χ4n) is 3.60. The molecule has 176 valence electrons. The molecule has 2 aromatic carbocycles. The number of thioether (sulfide) groups is 1. The van der Waals surface area contributed by atoms with Crippen LogP contribution < -0.4 is 14.4 Å². The van der Waals surface area contributed by atoms with Crippen molar-refractivity contribution in [2.45, 2.75) is 31.7 Å². The van der Waals surface area contributed by atoms with E-state index >= 15 is 0 Å². The Morgan fingerprint density at radius 3 is 2.62 bits per heavy atom. The second-order valence-electron chi connectivity index (χ2n) is 7.19. The highest BCUT2D eigenvalue weighted by atomic mass is 32.2. The third-order valence-corrected chi connectivity index (χ3v) is 5.64. The first-order valence-electron chi connectivity index (χ1n) is 10.8. The maximum atomic E-state index is 13.3. The summed E-state index contributed by atoms with van der Waals surface area (Å²) in [4.78, 5) is 31.3. The zero-order valence-corrected chi connectivity index (χ0v) is 19.9. The first-order chi connectivity index (χ1) is 16.6. The monoisotopic (exact) mass is 480 g/mol. The Balaban J connectivity index is 1.86. The van der Waals surface area contributed by atoms with Gasteiger partial charge in [0.25, 0.3) is 0 Å². The number of carbonyl (C=O) groups is 2. The molecule has 0 aliphatic carbocycles. The fourth-order valence-corrected chi connectivity index (χ4v) is 3.89. The van der Waals surface area contributed by atoms with Crippen LogP contribution in [0.3, 0.4) is 0 Å². The van der Waals surface area contributed by atoms with Gasteiger partial charge in [-0.25, -0.2) is 4.79 Å². The van der Waals surface area contributed by atoms with Crippen LogP contribution in [0.25, 0.3) is 11.3 Å². The Morgan fingerprint density at radius 1 is 1.09 bits per heavy atom. The number of para-hydroxylation sites is 2. The van der Waals surface area contributed by atoms with Gasteiger partial charge in [0.15, 0.2) is 12.3 Å². The molecule has 0 radical (unpaired) electrons. The number of fused-ring (bicyclic) bond motifs is 3. The summed E-state index contributed by atoms with van der Waals surface area (Å²) in [6, 6.07) is 14.5. The lowest BCUT2D eigenvalue weighted by Crippen LogP contribution is -2.37. The Hall–Kier alpha value is -3.66. The smallest absolute Gasteiger partial charge is 0.344 e. The van der Waals surface area contributed by atoms with E-state index < -0.39 is 12.2 Å². The molecule has 10 heteroatoms. The predicted octanol–water partition coefficient (Wildman–Crippen LogP) is 4.04. The van der Waals surface area contributed by atoms with Gasteiger partial charge in [0.2, 0.25) is 23.2 Å². The molecule has 2 heterocycles. The van der Waals surface area contributed by atoms with Crippen molar-refractivity contribution >= 4 is 29.3 Å². The summed E-state index contributed by atoms with van der Waals surface area (Å²) >= 11 is 1.34. The largest absolute Gasteiger partial charge is 0.481 e. The Labute approximate surface area is 201 Å². The quantitative estimate of drug-likeness (QED) is 0.366. The average Bonchev–Trinajstić information content (AvgIpc) is 3.01. The van der Waals surface area contributed by atoms with Gasteiger partial charge >= 0.3 is 5.97 Å². The lowest BCUT2D eigenvalue weighted by atomic mass is 10.1. The van der Waals surface area contributed by atoms with E-state index in [0.29, 0.717) is 33.4 Å². The molecule has 0 N–H and O–H groups in total. The highest BCUT2D eigenvalue weighted by Gasteiger charge is 2.36. The van der Waals surface area contributed by atoms with Gasteiger partial charge in [-0.15, -0.1) is 10.2 Å². The van der Waals surface area contributed by atoms with Gasteiger partial charge in [-0.3, -0.25) is 9.69 Å². The van der Waals surface area contributed by atoms with E-state index in [2.05, 4.69) is 15.2 Å². The molecule has 0 spiro atoms. The van der Waals surface area contributed by atoms with Crippen molar-refractivity contribution in [2.24, 2.45) is 0 Å². The van der Waals surface area contributed by atoms with E-state index in [1.165, 1.54) is 11.8 Å². The molecule has 1 aliphatic rings. The highest BCUT2D eigenvalue weighted by Crippen LogP contribution is 2.45. The average molecular weight is 481 g/mol. The van der Waals surface area contributed by atoms with Crippen LogP contribution in [0.15, 0.2) is 53.7 Å². The summed E-state index contributed by atoms with van der Waals surface area (Å²) in [7, 11) is 0. The van der Waals surface area contributed by atoms with Crippen molar-refractivity contribution in [1.29, 1.82) is 0 Å². The number of aromatic nitrogens is 3. The van der Waals surface area contributed by atoms with Crippen LogP contribution >= 0.6 is 11.8 Å². The molecule has 9 nitrogen and oxygen atoms in total. The number of ether oxygens (including phenoxy) is 3. The number of hydrogen-bond donors (Lipinski definition) is 0.